The van der Waals surface area contributed by atoms with E-state index >= 15 is 0 Å². The van der Waals surface area contributed by atoms with Crippen LogP contribution in [-0.4, -0.2) is 37.1 Å². The lowest BCUT2D eigenvalue weighted by Gasteiger charge is -2.25. The molecule has 1 aliphatic heterocycles. The van der Waals surface area contributed by atoms with Crippen LogP contribution in [0.1, 0.15) is 35.2 Å². The summed E-state index contributed by atoms with van der Waals surface area (Å²) in [5, 5.41) is 0. The molecule has 1 fully saturated rings. The van der Waals surface area contributed by atoms with Gasteiger partial charge in [0.2, 0.25) is 0 Å². The second-order valence-electron chi connectivity index (χ2n) is 5.12. The molecule has 116 valence electrons. The second kappa shape index (κ2) is 6.93. The zero-order valence-electron chi connectivity index (χ0n) is 11.7. The van der Waals surface area contributed by atoms with Crippen LogP contribution in [0.25, 0.3) is 0 Å². The summed E-state index contributed by atoms with van der Waals surface area (Å²) >= 11 is 0. The molecule has 0 atom stereocenters. The fourth-order valence-electron chi connectivity index (χ4n) is 2.36. The summed E-state index contributed by atoms with van der Waals surface area (Å²) < 4.78 is 42.8. The SMILES string of the molecule is O=C(OCCN1CCCCC1)c1cccc(C(F)(F)F)c1. The Balaban J connectivity index is 1.85. The highest BCUT2D eigenvalue weighted by atomic mass is 19.4. The first kappa shape index (κ1) is 15.8. The zero-order chi connectivity index (χ0) is 15.3. The highest BCUT2D eigenvalue weighted by Gasteiger charge is 2.31. The first-order valence-corrected chi connectivity index (χ1v) is 7.03. The Labute approximate surface area is 121 Å². The van der Waals surface area contributed by atoms with Crippen LogP contribution in [0.15, 0.2) is 24.3 Å². The molecule has 1 aromatic rings. The summed E-state index contributed by atoms with van der Waals surface area (Å²) in [4.78, 5) is 14.0. The average Bonchev–Trinajstić information content (AvgIpc) is 2.47. The van der Waals surface area contributed by atoms with Gasteiger partial charge in [-0.25, -0.2) is 4.79 Å². The monoisotopic (exact) mass is 301 g/mol. The molecule has 3 nitrogen and oxygen atoms in total. The Morgan fingerprint density at radius 2 is 1.90 bits per heavy atom. The van der Waals surface area contributed by atoms with Crippen molar-refractivity contribution in [3.05, 3.63) is 35.4 Å². The van der Waals surface area contributed by atoms with Crippen LogP contribution in [0.4, 0.5) is 13.2 Å². The molecule has 1 aliphatic rings. The van der Waals surface area contributed by atoms with Gasteiger partial charge >= 0.3 is 12.1 Å². The number of carbonyl (C=O) groups is 1. The van der Waals surface area contributed by atoms with Gasteiger partial charge in [0.1, 0.15) is 6.61 Å². The number of nitrogens with zero attached hydrogens (tertiary/aromatic N) is 1. The Hall–Kier alpha value is -1.56. The lowest BCUT2D eigenvalue weighted by molar-refractivity contribution is -0.137. The van der Waals surface area contributed by atoms with Gasteiger partial charge in [0.15, 0.2) is 0 Å². The molecule has 1 heterocycles. The normalized spacial score (nSPS) is 16.7. The Morgan fingerprint density at radius 3 is 2.57 bits per heavy atom. The first-order valence-electron chi connectivity index (χ1n) is 7.03. The summed E-state index contributed by atoms with van der Waals surface area (Å²) in [7, 11) is 0. The Morgan fingerprint density at radius 1 is 1.19 bits per heavy atom. The third-order valence-electron chi connectivity index (χ3n) is 3.51. The van der Waals surface area contributed by atoms with E-state index in [9.17, 15) is 18.0 Å². The number of hydrogen-bond acceptors (Lipinski definition) is 3. The van der Waals surface area contributed by atoms with Gasteiger partial charge in [0.25, 0.3) is 0 Å². The number of benzene rings is 1. The molecule has 2 rings (SSSR count). The third kappa shape index (κ3) is 4.74. The maximum Gasteiger partial charge on any atom is 0.416 e. The minimum atomic E-state index is -4.45. The summed E-state index contributed by atoms with van der Waals surface area (Å²) in [5.41, 5.74) is -0.906. The van der Waals surface area contributed by atoms with E-state index < -0.39 is 17.7 Å². The minimum Gasteiger partial charge on any atom is -0.461 e. The van der Waals surface area contributed by atoms with Crippen molar-refractivity contribution in [2.45, 2.75) is 25.4 Å². The van der Waals surface area contributed by atoms with E-state index in [1.165, 1.54) is 18.6 Å². The molecule has 0 aromatic heterocycles. The summed E-state index contributed by atoms with van der Waals surface area (Å²) in [5.74, 6) is -0.710. The van der Waals surface area contributed by atoms with Crippen molar-refractivity contribution in [3.63, 3.8) is 0 Å². The van der Waals surface area contributed by atoms with Crippen LogP contribution < -0.4 is 0 Å². The molecule has 0 aliphatic carbocycles. The standard InChI is InChI=1S/C15H18F3NO2/c16-15(17,18)13-6-4-5-12(11-13)14(20)21-10-9-19-7-2-1-3-8-19/h4-6,11H,1-3,7-10H2. The van der Waals surface area contributed by atoms with Gasteiger partial charge in [-0.3, -0.25) is 4.90 Å². The fraction of sp³-hybridized carbons (Fsp3) is 0.533. The molecule has 1 aromatic carbocycles. The molecule has 6 heteroatoms. The topological polar surface area (TPSA) is 29.5 Å². The van der Waals surface area contributed by atoms with E-state index in [1.54, 1.807) is 0 Å². The minimum absolute atomic E-state index is 0.0662. The molecule has 1 saturated heterocycles. The Bertz CT molecular complexity index is 482. The number of hydrogen-bond donors (Lipinski definition) is 0. The number of likely N-dealkylation sites (tertiary alicyclic amines) is 1. The first-order chi connectivity index (χ1) is 9.97. The Kier molecular flexibility index (Phi) is 5.22. The zero-order valence-corrected chi connectivity index (χ0v) is 11.7. The van der Waals surface area contributed by atoms with Crippen LogP contribution in [0.2, 0.25) is 0 Å². The molecule has 0 unspecified atom stereocenters. The van der Waals surface area contributed by atoms with Crippen molar-refractivity contribution in [1.82, 2.24) is 4.90 Å². The molecule has 0 radical (unpaired) electrons. The smallest absolute Gasteiger partial charge is 0.416 e. The number of esters is 1. The van der Waals surface area contributed by atoms with Crippen molar-refractivity contribution in [1.29, 1.82) is 0 Å². The molecule has 0 bridgehead atoms. The van der Waals surface area contributed by atoms with Gasteiger partial charge in [-0.15, -0.1) is 0 Å². The highest BCUT2D eigenvalue weighted by Crippen LogP contribution is 2.29. The molecular formula is C15H18F3NO2. The number of piperidine rings is 1. The number of carbonyl (C=O) groups excluding carboxylic acids is 1. The third-order valence-corrected chi connectivity index (χ3v) is 3.51. The van der Waals surface area contributed by atoms with Crippen molar-refractivity contribution >= 4 is 5.97 Å². The van der Waals surface area contributed by atoms with Crippen LogP contribution in [0.5, 0.6) is 0 Å². The molecule has 0 amide bonds. The van der Waals surface area contributed by atoms with E-state index in [0.29, 0.717) is 6.54 Å². The van der Waals surface area contributed by atoms with E-state index in [2.05, 4.69) is 4.90 Å². The summed E-state index contributed by atoms with van der Waals surface area (Å²) in [6.07, 6.45) is -0.951. The van der Waals surface area contributed by atoms with Gasteiger partial charge in [-0.1, -0.05) is 12.5 Å². The molecule has 0 saturated carbocycles. The second-order valence-corrected chi connectivity index (χ2v) is 5.12. The molecular weight excluding hydrogens is 283 g/mol. The number of rotatable bonds is 4. The maximum atomic E-state index is 12.6. The summed E-state index contributed by atoms with van der Waals surface area (Å²) in [6, 6.07) is 4.30. The van der Waals surface area contributed by atoms with Crippen molar-refractivity contribution in [2.24, 2.45) is 0 Å². The molecule has 21 heavy (non-hydrogen) atoms. The van der Waals surface area contributed by atoms with Crippen molar-refractivity contribution in [3.8, 4) is 0 Å². The van der Waals surface area contributed by atoms with Gasteiger partial charge in [-0.05, 0) is 44.1 Å². The van der Waals surface area contributed by atoms with Crippen LogP contribution in [-0.2, 0) is 10.9 Å². The van der Waals surface area contributed by atoms with Gasteiger partial charge in [-0.2, -0.15) is 13.2 Å². The lowest BCUT2D eigenvalue weighted by atomic mass is 10.1. The predicted molar refractivity (Wildman–Crippen MR) is 72.0 cm³/mol. The van der Waals surface area contributed by atoms with E-state index in [-0.39, 0.29) is 12.2 Å². The molecule has 0 N–H and O–H groups in total. The fourth-order valence-corrected chi connectivity index (χ4v) is 2.36. The van der Waals surface area contributed by atoms with Gasteiger partial charge in [0, 0.05) is 6.54 Å². The van der Waals surface area contributed by atoms with Crippen molar-refractivity contribution < 1.29 is 22.7 Å². The van der Waals surface area contributed by atoms with E-state index in [1.807, 2.05) is 0 Å². The summed E-state index contributed by atoms with van der Waals surface area (Å²) in [6.45, 7) is 2.81. The maximum absolute atomic E-state index is 12.6. The quantitative estimate of drug-likeness (QED) is 0.799. The van der Waals surface area contributed by atoms with Gasteiger partial charge in [0.05, 0.1) is 11.1 Å². The van der Waals surface area contributed by atoms with Crippen molar-refractivity contribution in [2.75, 3.05) is 26.2 Å². The number of halogens is 3. The number of ether oxygens (including phenoxy) is 1. The lowest BCUT2D eigenvalue weighted by Crippen LogP contribution is -2.33. The largest absolute Gasteiger partial charge is 0.461 e. The van der Waals surface area contributed by atoms with Crippen LogP contribution in [0, 0.1) is 0 Å². The van der Waals surface area contributed by atoms with E-state index in [4.69, 9.17) is 4.74 Å². The van der Waals surface area contributed by atoms with Crippen LogP contribution >= 0.6 is 0 Å². The van der Waals surface area contributed by atoms with Crippen LogP contribution in [0.3, 0.4) is 0 Å². The predicted octanol–water partition coefficient (Wildman–Crippen LogP) is 3.35. The number of alkyl halides is 3. The van der Waals surface area contributed by atoms with Gasteiger partial charge < -0.3 is 4.74 Å². The van der Waals surface area contributed by atoms with E-state index in [0.717, 1.165) is 38.1 Å². The molecule has 0 spiro atoms. The highest BCUT2D eigenvalue weighted by molar-refractivity contribution is 5.89. The average molecular weight is 301 g/mol.